The second kappa shape index (κ2) is 10.3. The van der Waals surface area contributed by atoms with Crippen LogP contribution in [0.2, 0.25) is 0 Å². The van der Waals surface area contributed by atoms with Gasteiger partial charge in [-0.25, -0.2) is 13.4 Å². The van der Waals surface area contributed by atoms with Gasteiger partial charge in [0.15, 0.2) is 0 Å². The third kappa shape index (κ3) is 4.86. The summed E-state index contributed by atoms with van der Waals surface area (Å²) in [5.74, 6) is 1.02. The van der Waals surface area contributed by atoms with Crippen LogP contribution >= 0.6 is 0 Å². The SMILES string of the molecule is CCN(CC)S(=O)(=O)c1ccc2c(c1)nc(CCC(=O)N(C(C)C)C1CCCC1)n2CC. The molecule has 178 valence electrons. The lowest BCUT2D eigenvalue weighted by Gasteiger charge is -2.33. The van der Waals surface area contributed by atoms with Gasteiger partial charge < -0.3 is 9.47 Å². The molecule has 1 heterocycles. The van der Waals surface area contributed by atoms with Crippen LogP contribution in [0.4, 0.5) is 0 Å². The highest BCUT2D eigenvalue weighted by Gasteiger charge is 2.29. The van der Waals surface area contributed by atoms with Gasteiger partial charge >= 0.3 is 0 Å². The Morgan fingerprint density at radius 2 is 1.81 bits per heavy atom. The molecular formula is C24H38N4O3S. The molecule has 1 amide bonds. The van der Waals surface area contributed by atoms with E-state index in [1.54, 1.807) is 12.1 Å². The van der Waals surface area contributed by atoms with Crippen molar-refractivity contribution >= 4 is 27.0 Å². The number of benzene rings is 1. The highest BCUT2D eigenvalue weighted by atomic mass is 32.2. The number of nitrogens with zero attached hydrogens (tertiary/aromatic N) is 4. The van der Waals surface area contributed by atoms with E-state index in [9.17, 15) is 13.2 Å². The second-order valence-corrected chi connectivity index (χ2v) is 10.8. The summed E-state index contributed by atoms with van der Waals surface area (Å²) in [5, 5.41) is 0. The van der Waals surface area contributed by atoms with Gasteiger partial charge in [-0.15, -0.1) is 0 Å². The van der Waals surface area contributed by atoms with Crippen LogP contribution in [0.1, 0.15) is 72.5 Å². The molecule has 32 heavy (non-hydrogen) atoms. The zero-order chi connectivity index (χ0) is 23.5. The number of imidazole rings is 1. The predicted octanol–water partition coefficient (Wildman–Crippen LogP) is 4.20. The molecule has 0 atom stereocenters. The minimum atomic E-state index is -3.54. The molecule has 0 aliphatic heterocycles. The van der Waals surface area contributed by atoms with Crippen molar-refractivity contribution in [1.29, 1.82) is 0 Å². The van der Waals surface area contributed by atoms with Gasteiger partial charge in [0, 0.05) is 44.6 Å². The van der Waals surface area contributed by atoms with Gasteiger partial charge in [0.25, 0.3) is 0 Å². The molecule has 1 aliphatic carbocycles. The monoisotopic (exact) mass is 462 g/mol. The quantitative estimate of drug-likeness (QED) is 0.530. The molecule has 1 aromatic carbocycles. The first kappa shape index (κ1) is 24.7. The average molecular weight is 463 g/mol. The number of fused-ring (bicyclic) bond motifs is 1. The van der Waals surface area contributed by atoms with E-state index in [1.807, 2.05) is 26.8 Å². The lowest BCUT2D eigenvalue weighted by atomic mass is 10.1. The summed E-state index contributed by atoms with van der Waals surface area (Å²) in [6.07, 6.45) is 5.57. The highest BCUT2D eigenvalue weighted by molar-refractivity contribution is 7.89. The van der Waals surface area contributed by atoms with Crippen LogP contribution in [-0.4, -0.2) is 58.3 Å². The number of amides is 1. The van der Waals surface area contributed by atoms with Crippen molar-refractivity contribution in [3.8, 4) is 0 Å². The van der Waals surface area contributed by atoms with Crippen molar-refractivity contribution < 1.29 is 13.2 Å². The minimum absolute atomic E-state index is 0.186. The normalized spacial score (nSPS) is 15.3. The topological polar surface area (TPSA) is 75.5 Å². The van der Waals surface area contributed by atoms with Crippen molar-refractivity contribution in [2.45, 2.75) is 96.7 Å². The van der Waals surface area contributed by atoms with Crippen LogP contribution in [0.15, 0.2) is 23.1 Å². The van der Waals surface area contributed by atoms with Crippen LogP contribution in [0, 0.1) is 0 Å². The Balaban J connectivity index is 1.85. The van der Waals surface area contributed by atoms with Crippen molar-refractivity contribution in [1.82, 2.24) is 18.8 Å². The molecular weight excluding hydrogens is 424 g/mol. The summed E-state index contributed by atoms with van der Waals surface area (Å²) < 4.78 is 29.4. The predicted molar refractivity (Wildman–Crippen MR) is 128 cm³/mol. The molecule has 0 radical (unpaired) electrons. The molecule has 0 spiro atoms. The number of sulfonamides is 1. The smallest absolute Gasteiger partial charge is 0.243 e. The van der Waals surface area contributed by atoms with Crippen LogP contribution in [0.3, 0.4) is 0 Å². The summed E-state index contributed by atoms with van der Waals surface area (Å²) in [7, 11) is -3.54. The van der Waals surface area contributed by atoms with Crippen LogP contribution < -0.4 is 0 Å². The summed E-state index contributed by atoms with van der Waals surface area (Å²) >= 11 is 0. The maximum Gasteiger partial charge on any atom is 0.243 e. The first-order valence-corrected chi connectivity index (χ1v) is 13.5. The number of rotatable bonds is 10. The molecule has 7 nitrogen and oxygen atoms in total. The zero-order valence-electron chi connectivity index (χ0n) is 20.2. The van der Waals surface area contributed by atoms with E-state index in [0.29, 0.717) is 37.5 Å². The van der Waals surface area contributed by atoms with Gasteiger partial charge in [-0.2, -0.15) is 4.31 Å². The number of aromatic nitrogens is 2. The molecule has 1 fully saturated rings. The van der Waals surface area contributed by atoms with Gasteiger partial charge in [-0.3, -0.25) is 4.79 Å². The first-order chi connectivity index (χ1) is 15.2. The zero-order valence-corrected chi connectivity index (χ0v) is 21.0. The number of hydrogen-bond donors (Lipinski definition) is 0. The fraction of sp³-hybridized carbons (Fsp3) is 0.667. The van der Waals surface area contributed by atoms with Gasteiger partial charge in [0.05, 0.1) is 15.9 Å². The Labute approximate surface area is 192 Å². The van der Waals surface area contributed by atoms with Gasteiger partial charge in [-0.05, 0) is 51.8 Å². The lowest BCUT2D eigenvalue weighted by Crippen LogP contribution is -2.43. The molecule has 1 aromatic heterocycles. The Morgan fingerprint density at radius 1 is 1.16 bits per heavy atom. The molecule has 0 unspecified atom stereocenters. The summed E-state index contributed by atoms with van der Waals surface area (Å²) in [5.41, 5.74) is 1.57. The summed E-state index contributed by atoms with van der Waals surface area (Å²) in [6, 6.07) is 5.73. The number of hydrogen-bond acceptors (Lipinski definition) is 4. The minimum Gasteiger partial charge on any atom is -0.337 e. The molecule has 2 aromatic rings. The third-order valence-electron chi connectivity index (χ3n) is 6.58. The molecule has 0 N–H and O–H groups in total. The van der Waals surface area contributed by atoms with E-state index in [2.05, 4.69) is 23.3 Å². The number of carbonyl (C=O) groups is 1. The fourth-order valence-corrected chi connectivity index (χ4v) is 6.50. The van der Waals surface area contributed by atoms with E-state index in [-0.39, 0.29) is 16.8 Å². The maximum atomic E-state index is 13.1. The fourth-order valence-electron chi connectivity index (χ4n) is 5.02. The lowest BCUT2D eigenvalue weighted by molar-refractivity contribution is -0.135. The van der Waals surface area contributed by atoms with Gasteiger partial charge in [0.1, 0.15) is 5.82 Å². The van der Waals surface area contributed by atoms with Crippen LogP contribution in [0.5, 0.6) is 0 Å². The van der Waals surface area contributed by atoms with E-state index in [0.717, 1.165) is 30.7 Å². The molecule has 1 saturated carbocycles. The first-order valence-electron chi connectivity index (χ1n) is 12.0. The third-order valence-corrected chi connectivity index (χ3v) is 8.63. The van der Waals surface area contributed by atoms with Gasteiger partial charge in [-0.1, -0.05) is 26.7 Å². The average Bonchev–Trinajstić information content (AvgIpc) is 3.39. The van der Waals surface area contributed by atoms with Crippen molar-refractivity contribution in [3.63, 3.8) is 0 Å². The molecule has 0 saturated heterocycles. The van der Waals surface area contributed by atoms with Crippen molar-refractivity contribution in [2.75, 3.05) is 13.1 Å². The summed E-state index contributed by atoms with van der Waals surface area (Å²) in [4.78, 5) is 20.2. The number of carbonyl (C=O) groups excluding carboxylic acids is 1. The molecule has 1 aliphatic rings. The van der Waals surface area contributed by atoms with E-state index >= 15 is 0 Å². The Morgan fingerprint density at radius 3 is 2.38 bits per heavy atom. The molecule has 0 bridgehead atoms. The summed E-state index contributed by atoms with van der Waals surface area (Å²) in [6.45, 7) is 11.5. The number of aryl methyl sites for hydroxylation is 2. The van der Waals surface area contributed by atoms with E-state index < -0.39 is 10.0 Å². The highest BCUT2D eigenvalue weighted by Crippen LogP contribution is 2.27. The van der Waals surface area contributed by atoms with E-state index in [1.165, 1.54) is 17.1 Å². The Bertz CT molecular complexity index is 1030. The standard InChI is InChI=1S/C24H38N4O3S/c1-6-26(7-2)32(30,31)20-13-14-22-21(17-20)25-23(27(22)8-3)15-16-24(29)28(18(4)5)19-11-9-10-12-19/h13-14,17-19H,6-12,15-16H2,1-5H3. The van der Waals surface area contributed by atoms with Crippen molar-refractivity contribution in [3.05, 3.63) is 24.0 Å². The van der Waals surface area contributed by atoms with Crippen LogP contribution in [-0.2, 0) is 27.8 Å². The largest absolute Gasteiger partial charge is 0.337 e. The van der Waals surface area contributed by atoms with E-state index in [4.69, 9.17) is 4.98 Å². The van der Waals surface area contributed by atoms with Crippen LogP contribution in [0.25, 0.3) is 11.0 Å². The molecule has 3 rings (SSSR count). The molecule has 8 heteroatoms. The Kier molecular flexibility index (Phi) is 7.98. The second-order valence-electron chi connectivity index (χ2n) is 8.85. The maximum absolute atomic E-state index is 13.1. The Hall–Kier alpha value is -1.93. The van der Waals surface area contributed by atoms with Gasteiger partial charge in [0.2, 0.25) is 15.9 Å². The van der Waals surface area contributed by atoms with Crippen molar-refractivity contribution in [2.24, 2.45) is 0 Å².